The summed E-state index contributed by atoms with van der Waals surface area (Å²) in [6.45, 7) is 2.86. The molecule has 0 saturated carbocycles. The lowest BCUT2D eigenvalue weighted by atomic mass is 10.2. The molecule has 4 rings (SSSR count). The second-order valence-electron chi connectivity index (χ2n) is 6.70. The van der Waals surface area contributed by atoms with Gasteiger partial charge in [-0.15, -0.1) is 10.2 Å². The van der Waals surface area contributed by atoms with Crippen molar-refractivity contribution in [1.29, 1.82) is 0 Å². The van der Waals surface area contributed by atoms with E-state index in [1.165, 1.54) is 6.26 Å². The molecule has 8 heteroatoms. The Kier molecular flexibility index (Phi) is 5.51. The van der Waals surface area contributed by atoms with Crippen molar-refractivity contribution < 1.29 is 14.0 Å². The van der Waals surface area contributed by atoms with Crippen LogP contribution in [0.4, 0.5) is 5.82 Å². The van der Waals surface area contributed by atoms with E-state index in [2.05, 4.69) is 15.5 Å². The van der Waals surface area contributed by atoms with Crippen LogP contribution in [0.1, 0.15) is 26.6 Å². The number of anilines is 1. The van der Waals surface area contributed by atoms with E-state index < -0.39 is 0 Å². The van der Waals surface area contributed by atoms with Gasteiger partial charge in [0.25, 0.3) is 11.8 Å². The summed E-state index contributed by atoms with van der Waals surface area (Å²) in [5.41, 5.74) is 1.30. The molecule has 0 spiro atoms. The minimum atomic E-state index is -0.262. The SMILES string of the molecule is O=C(NCc1ccccc1)c1ccc(N2CCN(C(=O)c3ccco3)CC2)nn1. The molecule has 1 aliphatic rings. The Morgan fingerprint density at radius 2 is 1.72 bits per heavy atom. The van der Waals surface area contributed by atoms with Gasteiger partial charge in [0.15, 0.2) is 17.3 Å². The van der Waals surface area contributed by atoms with Crippen LogP contribution in [0.2, 0.25) is 0 Å². The molecule has 8 nitrogen and oxygen atoms in total. The molecule has 2 amide bonds. The second kappa shape index (κ2) is 8.55. The third kappa shape index (κ3) is 4.43. The monoisotopic (exact) mass is 391 g/mol. The van der Waals surface area contributed by atoms with Crippen LogP contribution in [0.25, 0.3) is 0 Å². The molecule has 1 saturated heterocycles. The molecule has 3 aromatic rings. The summed E-state index contributed by atoms with van der Waals surface area (Å²) in [7, 11) is 0. The molecule has 1 aromatic carbocycles. The van der Waals surface area contributed by atoms with Gasteiger partial charge in [0.2, 0.25) is 0 Å². The van der Waals surface area contributed by atoms with Crippen molar-refractivity contribution in [2.24, 2.45) is 0 Å². The summed E-state index contributed by atoms with van der Waals surface area (Å²) in [4.78, 5) is 28.4. The average Bonchev–Trinajstić information content (AvgIpc) is 3.33. The molecule has 0 radical (unpaired) electrons. The molecule has 0 atom stereocenters. The van der Waals surface area contributed by atoms with Crippen molar-refractivity contribution >= 4 is 17.6 Å². The molecule has 2 aromatic heterocycles. The second-order valence-corrected chi connectivity index (χ2v) is 6.70. The fraction of sp³-hybridized carbons (Fsp3) is 0.238. The number of carbonyl (C=O) groups is 2. The van der Waals surface area contributed by atoms with Crippen LogP contribution < -0.4 is 10.2 Å². The number of piperazine rings is 1. The number of amides is 2. The van der Waals surface area contributed by atoms with E-state index >= 15 is 0 Å². The first kappa shape index (κ1) is 18.7. The lowest BCUT2D eigenvalue weighted by Gasteiger charge is -2.34. The number of furan rings is 1. The lowest BCUT2D eigenvalue weighted by molar-refractivity contribution is 0.0714. The number of nitrogens with zero attached hydrogens (tertiary/aromatic N) is 4. The smallest absolute Gasteiger partial charge is 0.289 e. The molecule has 1 aliphatic heterocycles. The molecule has 1 N–H and O–H groups in total. The van der Waals surface area contributed by atoms with Gasteiger partial charge in [-0.3, -0.25) is 9.59 Å². The number of hydrogen-bond donors (Lipinski definition) is 1. The summed E-state index contributed by atoms with van der Waals surface area (Å²) < 4.78 is 5.18. The van der Waals surface area contributed by atoms with E-state index in [1.54, 1.807) is 29.2 Å². The summed E-state index contributed by atoms with van der Waals surface area (Å²) >= 11 is 0. The van der Waals surface area contributed by atoms with E-state index in [4.69, 9.17) is 4.42 Å². The average molecular weight is 391 g/mol. The number of hydrogen-bond acceptors (Lipinski definition) is 6. The summed E-state index contributed by atoms with van der Waals surface area (Å²) in [6, 6.07) is 16.5. The number of carbonyl (C=O) groups excluding carboxylic acids is 2. The standard InChI is InChI=1S/C21H21N5O3/c27-20(22-15-16-5-2-1-3-6-16)17-8-9-19(24-23-17)25-10-12-26(13-11-25)21(28)18-7-4-14-29-18/h1-9,14H,10-13,15H2,(H,22,27). The molecule has 3 heterocycles. The van der Waals surface area contributed by atoms with Crippen LogP contribution in [0.15, 0.2) is 65.3 Å². The van der Waals surface area contributed by atoms with E-state index in [1.807, 2.05) is 35.2 Å². The minimum Gasteiger partial charge on any atom is -0.459 e. The third-order valence-electron chi connectivity index (χ3n) is 4.80. The number of aromatic nitrogens is 2. The third-order valence-corrected chi connectivity index (χ3v) is 4.80. The summed E-state index contributed by atoms with van der Waals surface area (Å²) in [5, 5.41) is 11.1. The maximum Gasteiger partial charge on any atom is 0.289 e. The van der Waals surface area contributed by atoms with Gasteiger partial charge < -0.3 is 19.5 Å². The van der Waals surface area contributed by atoms with Gasteiger partial charge in [0.05, 0.1) is 6.26 Å². The predicted octanol–water partition coefficient (Wildman–Crippen LogP) is 1.96. The Morgan fingerprint density at radius 1 is 0.931 bits per heavy atom. The molecular weight excluding hydrogens is 370 g/mol. The first-order valence-corrected chi connectivity index (χ1v) is 9.44. The Hall–Kier alpha value is -3.68. The van der Waals surface area contributed by atoms with Crippen molar-refractivity contribution in [3.05, 3.63) is 77.9 Å². The highest BCUT2D eigenvalue weighted by molar-refractivity contribution is 5.92. The van der Waals surface area contributed by atoms with E-state index in [-0.39, 0.29) is 17.5 Å². The van der Waals surface area contributed by atoms with Crippen molar-refractivity contribution in [3.8, 4) is 0 Å². The van der Waals surface area contributed by atoms with Gasteiger partial charge in [0.1, 0.15) is 0 Å². The highest BCUT2D eigenvalue weighted by Crippen LogP contribution is 2.15. The van der Waals surface area contributed by atoms with Gasteiger partial charge in [-0.05, 0) is 29.8 Å². The summed E-state index contributed by atoms with van der Waals surface area (Å²) in [5.74, 6) is 0.673. The van der Waals surface area contributed by atoms with Crippen molar-refractivity contribution in [3.63, 3.8) is 0 Å². The summed E-state index contributed by atoms with van der Waals surface area (Å²) in [6.07, 6.45) is 1.50. The van der Waals surface area contributed by atoms with E-state index in [9.17, 15) is 9.59 Å². The minimum absolute atomic E-state index is 0.105. The van der Waals surface area contributed by atoms with Crippen molar-refractivity contribution in [1.82, 2.24) is 20.4 Å². The van der Waals surface area contributed by atoms with Crippen LogP contribution >= 0.6 is 0 Å². The van der Waals surface area contributed by atoms with Gasteiger partial charge >= 0.3 is 0 Å². The zero-order chi connectivity index (χ0) is 20.1. The molecule has 29 heavy (non-hydrogen) atoms. The largest absolute Gasteiger partial charge is 0.459 e. The van der Waals surface area contributed by atoms with Crippen LogP contribution in [0.5, 0.6) is 0 Å². The Balaban J connectivity index is 1.30. The zero-order valence-electron chi connectivity index (χ0n) is 15.8. The Labute approximate surface area is 168 Å². The first-order valence-electron chi connectivity index (χ1n) is 9.44. The van der Waals surface area contributed by atoms with Crippen LogP contribution in [0, 0.1) is 0 Å². The van der Waals surface area contributed by atoms with E-state index in [0.29, 0.717) is 44.3 Å². The van der Waals surface area contributed by atoms with Gasteiger partial charge in [-0.25, -0.2) is 0 Å². The highest BCUT2D eigenvalue weighted by atomic mass is 16.3. The zero-order valence-corrected chi connectivity index (χ0v) is 15.8. The number of rotatable bonds is 5. The lowest BCUT2D eigenvalue weighted by Crippen LogP contribution is -2.49. The van der Waals surface area contributed by atoms with E-state index in [0.717, 1.165) is 5.56 Å². The molecular formula is C21H21N5O3. The molecule has 0 bridgehead atoms. The van der Waals surface area contributed by atoms with Crippen LogP contribution in [0.3, 0.4) is 0 Å². The topological polar surface area (TPSA) is 91.6 Å². The Bertz CT molecular complexity index is 950. The highest BCUT2D eigenvalue weighted by Gasteiger charge is 2.24. The maximum absolute atomic E-state index is 12.3. The van der Waals surface area contributed by atoms with Crippen molar-refractivity contribution in [2.75, 3.05) is 31.1 Å². The molecule has 1 fully saturated rings. The van der Waals surface area contributed by atoms with Crippen molar-refractivity contribution in [2.45, 2.75) is 6.54 Å². The first-order chi connectivity index (χ1) is 14.2. The van der Waals surface area contributed by atoms with Crippen LogP contribution in [-0.4, -0.2) is 53.1 Å². The normalized spacial score (nSPS) is 13.9. The number of nitrogens with one attached hydrogen (secondary N) is 1. The van der Waals surface area contributed by atoms with Crippen LogP contribution in [-0.2, 0) is 6.54 Å². The molecule has 148 valence electrons. The fourth-order valence-corrected chi connectivity index (χ4v) is 3.18. The maximum atomic E-state index is 12.3. The van der Waals surface area contributed by atoms with Gasteiger partial charge in [0, 0.05) is 32.7 Å². The van der Waals surface area contributed by atoms with Gasteiger partial charge in [-0.2, -0.15) is 0 Å². The molecule has 0 aliphatic carbocycles. The fourth-order valence-electron chi connectivity index (χ4n) is 3.18. The Morgan fingerprint density at radius 3 is 2.38 bits per heavy atom. The quantitative estimate of drug-likeness (QED) is 0.715. The molecule has 0 unspecified atom stereocenters. The number of benzene rings is 1. The predicted molar refractivity (Wildman–Crippen MR) is 106 cm³/mol. The van der Waals surface area contributed by atoms with Gasteiger partial charge in [-0.1, -0.05) is 30.3 Å².